The van der Waals surface area contributed by atoms with E-state index in [1.165, 1.54) is 0 Å². The van der Waals surface area contributed by atoms with Gasteiger partial charge < -0.3 is 14.7 Å². The molecule has 4 rings (SSSR count). The van der Waals surface area contributed by atoms with Crippen LogP contribution in [0.4, 0.5) is 5.82 Å². The Balaban J connectivity index is 1.76. The van der Waals surface area contributed by atoms with Crippen LogP contribution in [0.2, 0.25) is 0 Å². The maximum Gasteiger partial charge on any atom is 0.159 e. The summed E-state index contributed by atoms with van der Waals surface area (Å²) in [6, 6.07) is 16.1. The summed E-state index contributed by atoms with van der Waals surface area (Å²) in [7, 11) is 1.66. The lowest BCUT2D eigenvalue weighted by Crippen LogP contribution is -2.42. The van der Waals surface area contributed by atoms with Crippen molar-refractivity contribution in [3.63, 3.8) is 0 Å². The van der Waals surface area contributed by atoms with E-state index < -0.39 is 5.60 Å². The zero-order chi connectivity index (χ0) is 18.1. The highest BCUT2D eigenvalue weighted by Gasteiger charge is 2.29. The van der Waals surface area contributed by atoms with E-state index in [9.17, 15) is 5.11 Å². The molecule has 134 valence electrons. The molecule has 0 amide bonds. The SMILES string of the molecule is COc1ccc(-c2nnc(N3CCC(C)(O)CC3)c3ccccc23)cc1. The highest BCUT2D eigenvalue weighted by molar-refractivity contribution is 6.00. The molecule has 1 fully saturated rings. The Morgan fingerprint density at radius 3 is 2.27 bits per heavy atom. The average Bonchev–Trinajstić information content (AvgIpc) is 2.67. The first-order valence-corrected chi connectivity index (χ1v) is 8.95. The van der Waals surface area contributed by atoms with E-state index in [0.29, 0.717) is 0 Å². The van der Waals surface area contributed by atoms with Crippen molar-refractivity contribution in [2.24, 2.45) is 0 Å². The number of fused-ring (bicyclic) bond motifs is 1. The van der Waals surface area contributed by atoms with Gasteiger partial charge in [-0.05, 0) is 44.0 Å². The summed E-state index contributed by atoms with van der Waals surface area (Å²) >= 11 is 0. The Morgan fingerprint density at radius 1 is 0.962 bits per heavy atom. The van der Waals surface area contributed by atoms with Crippen molar-refractivity contribution in [3.8, 4) is 17.0 Å². The number of aliphatic hydroxyl groups is 1. The van der Waals surface area contributed by atoms with Crippen LogP contribution < -0.4 is 9.64 Å². The van der Waals surface area contributed by atoms with Gasteiger partial charge >= 0.3 is 0 Å². The van der Waals surface area contributed by atoms with Crippen molar-refractivity contribution in [3.05, 3.63) is 48.5 Å². The Labute approximate surface area is 153 Å². The topological polar surface area (TPSA) is 58.5 Å². The Morgan fingerprint density at radius 2 is 1.62 bits per heavy atom. The first kappa shape index (κ1) is 16.8. The average molecular weight is 349 g/mol. The van der Waals surface area contributed by atoms with E-state index in [1.807, 2.05) is 43.3 Å². The highest BCUT2D eigenvalue weighted by Crippen LogP contribution is 2.34. The number of aromatic nitrogens is 2. The van der Waals surface area contributed by atoms with Crippen molar-refractivity contribution in [2.75, 3.05) is 25.1 Å². The second kappa shape index (κ2) is 6.57. The lowest BCUT2D eigenvalue weighted by Gasteiger charge is -2.36. The molecule has 0 atom stereocenters. The predicted molar refractivity (Wildman–Crippen MR) is 104 cm³/mol. The maximum atomic E-state index is 10.2. The summed E-state index contributed by atoms with van der Waals surface area (Å²) in [5.41, 5.74) is 1.31. The van der Waals surface area contributed by atoms with Crippen LogP contribution in [0, 0.1) is 0 Å². The van der Waals surface area contributed by atoms with Crippen LogP contribution in [0.25, 0.3) is 22.0 Å². The molecule has 1 N–H and O–H groups in total. The van der Waals surface area contributed by atoms with Gasteiger partial charge in [0, 0.05) is 29.4 Å². The van der Waals surface area contributed by atoms with E-state index in [0.717, 1.165) is 59.5 Å². The van der Waals surface area contributed by atoms with Crippen LogP contribution in [0.5, 0.6) is 5.75 Å². The molecule has 0 unspecified atom stereocenters. The fourth-order valence-electron chi connectivity index (χ4n) is 3.49. The zero-order valence-electron chi connectivity index (χ0n) is 15.1. The molecule has 5 heteroatoms. The van der Waals surface area contributed by atoms with Gasteiger partial charge in [-0.1, -0.05) is 24.3 Å². The van der Waals surface area contributed by atoms with Crippen LogP contribution in [0.15, 0.2) is 48.5 Å². The smallest absolute Gasteiger partial charge is 0.159 e. The van der Waals surface area contributed by atoms with E-state index >= 15 is 0 Å². The van der Waals surface area contributed by atoms with Crippen LogP contribution in [-0.4, -0.2) is 41.1 Å². The van der Waals surface area contributed by atoms with Crippen LogP contribution in [0.3, 0.4) is 0 Å². The predicted octanol–water partition coefficient (Wildman–Crippen LogP) is 3.66. The van der Waals surface area contributed by atoms with Gasteiger partial charge in [-0.15, -0.1) is 10.2 Å². The second-order valence-corrected chi connectivity index (χ2v) is 7.13. The van der Waals surface area contributed by atoms with E-state index in [4.69, 9.17) is 4.74 Å². The van der Waals surface area contributed by atoms with Gasteiger partial charge in [0.2, 0.25) is 0 Å². The van der Waals surface area contributed by atoms with E-state index in [2.05, 4.69) is 27.2 Å². The molecule has 1 aliphatic rings. The first-order chi connectivity index (χ1) is 12.6. The third-order valence-corrected chi connectivity index (χ3v) is 5.17. The molecule has 3 aromatic rings. The minimum absolute atomic E-state index is 0.581. The third kappa shape index (κ3) is 3.10. The number of methoxy groups -OCH3 is 1. The molecule has 0 saturated carbocycles. The fraction of sp³-hybridized carbons (Fsp3) is 0.333. The number of ether oxygens (including phenoxy) is 1. The molecule has 2 heterocycles. The van der Waals surface area contributed by atoms with Crippen LogP contribution in [-0.2, 0) is 0 Å². The van der Waals surface area contributed by atoms with Crippen molar-refractivity contribution in [2.45, 2.75) is 25.4 Å². The Kier molecular flexibility index (Phi) is 4.24. The molecule has 1 aliphatic heterocycles. The quantitative estimate of drug-likeness (QED) is 0.782. The number of anilines is 1. The summed E-state index contributed by atoms with van der Waals surface area (Å²) in [5, 5.41) is 21.5. The summed E-state index contributed by atoms with van der Waals surface area (Å²) in [6.45, 7) is 3.47. The standard InChI is InChI=1S/C21H23N3O2/c1-21(25)11-13-24(14-12-21)20-18-6-4-3-5-17(18)19(22-23-20)15-7-9-16(26-2)10-8-15/h3-10,25H,11-14H2,1-2H3. The largest absolute Gasteiger partial charge is 0.497 e. The molecule has 0 bridgehead atoms. The van der Waals surface area contributed by atoms with Gasteiger partial charge in [0.1, 0.15) is 11.4 Å². The van der Waals surface area contributed by atoms with Crippen LogP contribution in [0.1, 0.15) is 19.8 Å². The van der Waals surface area contributed by atoms with Crippen LogP contribution >= 0.6 is 0 Å². The van der Waals surface area contributed by atoms with Gasteiger partial charge in [0.15, 0.2) is 5.82 Å². The van der Waals surface area contributed by atoms with Crippen molar-refractivity contribution >= 4 is 16.6 Å². The third-order valence-electron chi connectivity index (χ3n) is 5.17. The van der Waals surface area contributed by atoms with E-state index in [1.54, 1.807) is 7.11 Å². The number of hydrogen-bond acceptors (Lipinski definition) is 5. The molecule has 1 aromatic heterocycles. The number of hydrogen-bond donors (Lipinski definition) is 1. The fourth-order valence-corrected chi connectivity index (χ4v) is 3.49. The van der Waals surface area contributed by atoms with Gasteiger partial charge in [-0.25, -0.2) is 0 Å². The molecule has 0 spiro atoms. The Bertz CT molecular complexity index is 912. The lowest BCUT2D eigenvalue weighted by molar-refractivity contribution is 0.0350. The summed E-state index contributed by atoms with van der Waals surface area (Å²) in [4.78, 5) is 2.23. The Hall–Kier alpha value is -2.66. The van der Waals surface area contributed by atoms with Gasteiger partial charge in [-0.2, -0.15) is 0 Å². The molecule has 5 nitrogen and oxygen atoms in total. The van der Waals surface area contributed by atoms with Gasteiger partial charge in [0.25, 0.3) is 0 Å². The first-order valence-electron chi connectivity index (χ1n) is 8.95. The monoisotopic (exact) mass is 349 g/mol. The number of piperidine rings is 1. The van der Waals surface area contributed by atoms with Crippen molar-refractivity contribution in [1.82, 2.24) is 10.2 Å². The van der Waals surface area contributed by atoms with E-state index in [-0.39, 0.29) is 0 Å². The summed E-state index contributed by atoms with van der Waals surface area (Å²) in [5.74, 6) is 1.72. The highest BCUT2D eigenvalue weighted by atomic mass is 16.5. The molecular weight excluding hydrogens is 326 g/mol. The zero-order valence-corrected chi connectivity index (χ0v) is 15.1. The van der Waals surface area contributed by atoms with Gasteiger partial charge in [-0.3, -0.25) is 0 Å². The molecule has 26 heavy (non-hydrogen) atoms. The molecule has 1 saturated heterocycles. The van der Waals surface area contributed by atoms with Crippen molar-refractivity contribution < 1.29 is 9.84 Å². The van der Waals surface area contributed by atoms with Gasteiger partial charge in [0.05, 0.1) is 12.7 Å². The molecular formula is C21H23N3O2. The minimum atomic E-state index is -0.581. The minimum Gasteiger partial charge on any atom is -0.497 e. The number of benzene rings is 2. The number of nitrogens with zero attached hydrogens (tertiary/aromatic N) is 3. The van der Waals surface area contributed by atoms with Crippen molar-refractivity contribution in [1.29, 1.82) is 0 Å². The normalized spacial score (nSPS) is 16.7. The maximum absolute atomic E-state index is 10.2. The lowest BCUT2D eigenvalue weighted by atomic mass is 9.93. The summed E-state index contributed by atoms with van der Waals surface area (Å²) in [6.07, 6.45) is 1.48. The number of rotatable bonds is 3. The summed E-state index contributed by atoms with van der Waals surface area (Å²) < 4.78 is 5.24. The molecule has 0 aliphatic carbocycles. The second-order valence-electron chi connectivity index (χ2n) is 7.13. The molecule has 2 aromatic carbocycles. The molecule has 0 radical (unpaired) electrons.